The van der Waals surface area contributed by atoms with Gasteiger partial charge >= 0.3 is 0 Å². The molecule has 0 N–H and O–H groups in total. The van der Waals surface area contributed by atoms with Crippen LogP contribution in [0.4, 0.5) is 0 Å². The maximum atomic E-state index is 9.09. The van der Waals surface area contributed by atoms with Gasteiger partial charge in [0, 0.05) is 27.6 Å². The van der Waals surface area contributed by atoms with E-state index in [4.69, 9.17) is 15.8 Å². The number of rotatable bonds is 4. The number of allylic oxidation sites excluding steroid dienone is 6. The summed E-state index contributed by atoms with van der Waals surface area (Å²) >= 11 is 0. The maximum absolute atomic E-state index is 9.09. The Balaban J connectivity index is 1.66. The van der Waals surface area contributed by atoms with E-state index in [1.54, 1.807) is 12.2 Å². The molecule has 210 valence electrons. The van der Waals surface area contributed by atoms with Crippen molar-refractivity contribution in [2.45, 2.75) is 13.1 Å². The van der Waals surface area contributed by atoms with Crippen LogP contribution in [0.2, 0.25) is 13.1 Å². The van der Waals surface area contributed by atoms with Crippen LogP contribution in [0.3, 0.4) is 0 Å². The van der Waals surface area contributed by atoms with Crippen LogP contribution in [0.15, 0.2) is 131 Å². The molecule has 4 aromatic carbocycles. The summed E-state index contributed by atoms with van der Waals surface area (Å²) < 4.78 is 0. The van der Waals surface area contributed by atoms with E-state index in [0.717, 1.165) is 54.9 Å². The molecule has 0 unspecified atom stereocenters. The average Bonchev–Trinajstić information content (AvgIpc) is 3.31. The molecule has 3 nitrogen and oxygen atoms in total. The summed E-state index contributed by atoms with van der Waals surface area (Å²) in [5.74, 6) is 14.1. The minimum Gasteiger partial charge on any atom is -0.193 e. The summed E-state index contributed by atoms with van der Waals surface area (Å²) in [6.45, 7) is 4.63. The van der Waals surface area contributed by atoms with Crippen molar-refractivity contribution < 1.29 is 0 Å². The first-order valence-corrected chi connectivity index (χ1v) is 17.4. The molecule has 4 aromatic rings. The van der Waals surface area contributed by atoms with Gasteiger partial charge in [-0.05, 0) is 69.8 Å². The first-order chi connectivity index (χ1) is 21.9. The molecular formula is C41H27N3Si. The number of benzene rings is 4. The zero-order valence-electron chi connectivity index (χ0n) is 25.0. The van der Waals surface area contributed by atoms with Crippen LogP contribution in [0, 0.1) is 57.7 Å². The van der Waals surface area contributed by atoms with E-state index in [9.17, 15) is 0 Å². The summed E-state index contributed by atoms with van der Waals surface area (Å²) in [6, 6.07) is 42.1. The molecule has 0 fully saturated rings. The fraction of sp³-hybridized carbons (Fsp3) is 0.0488. The molecule has 0 atom stereocenters. The Morgan fingerprint density at radius 2 is 1.00 bits per heavy atom. The lowest BCUT2D eigenvalue weighted by Crippen LogP contribution is -2.29. The Hall–Kier alpha value is -6.35. The van der Waals surface area contributed by atoms with Gasteiger partial charge in [-0.2, -0.15) is 15.8 Å². The quantitative estimate of drug-likeness (QED) is 0.136. The molecule has 0 aromatic heterocycles. The molecule has 0 amide bonds. The van der Waals surface area contributed by atoms with Crippen molar-refractivity contribution in [3.05, 3.63) is 165 Å². The van der Waals surface area contributed by atoms with Gasteiger partial charge < -0.3 is 0 Å². The van der Waals surface area contributed by atoms with Gasteiger partial charge in [0.1, 0.15) is 25.8 Å². The Bertz CT molecular complexity index is 2100. The fourth-order valence-corrected chi connectivity index (χ4v) is 8.01. The molecule has 0 saturated heterocycles. The number of hydrogen-bond acceptors (Lipinski definition) is 3. The normalized spacial score (nSPS) is 13.0. The van der Waals surface area contributed by atoms with Crippen LogP contribution in [-0.4, -0.2) is 8.07 Å². The molecule has 0 radical (unpaired) electrons. The molecule has 1 aliphatic rings. The first-order valence-electron chi connectivity index (χ1n) is 14.4. The Morgan fingerprint density at radius 1 is 0.556 bits per heavy atom. The van der Waals surface area contributed by atoms with Crippen LogP contribution in [0.1, 0.15) is 33.4 Å². The molecule has 45 heavy (non-hydrogen) atoms. The molecule has 0 spiro atoms. The maximum Gasteiger partial charge on any atom is 0.135 e. The molecule has 0 aliphatic carbocycles. The van der Waals surface area contributed by atoms with Crippen LogP contribution in [0.5, 0.6) is 0 Å². The SMILES string of the molecule is C[Si]1(C)C(C#Cc2ccc(C=C(C#N)C#N)cc2)=C(c2ccccc2)C(c2ccccc2)=C1C#Cc1ccc(/C=C/C#N)cc1. The third-order valence-electron chi connectivity index (χ3n) is 7.51. The second-order valence-corrected chi connectivity index (χ2v) is 15.1. The van der Waals surface area contributed by atoms with Gasteiger partial charge in [-0.25, -0.2) is 0 Å². The fourth-order valence-electron chi connectivity index (χ4n) is 5.22. The highest BCUT2D eigenvalue weighted by molar-refractivity contribution is 6.96. The number of nitriles is 3. The molecule has 0 saturated carbocycles. The monoisotopic (exact) mass is 589 g/mol. The van der Waals surface area contributed by atoms with E-state index < -0.39 is 8.07 Å². The van der Waals surface area contributed by atoms with Crippen molar-refractivity contribution in [1.82, 2.24) is 0 Å². The van der Waals surface area contributed by atoms with Crippen molar-refractivity contribution in [3.63, 3.8) is 0 Å². The van der Waals surface area contributed by atoms with E-state index in [-0.39, 0.29) is 5.57 Å². The van der Waals surface area contributed by atoms with Crippen LogP contribution in [0.25, 0.3) is 23.3 Å². The lowest BCUT2D eigenvalue weighted by atomic mass is 9.91. The van der Waals surface area contributed by atoms with Gasteiger partial charge in [0.25, 0.3) is 0 Å². The smallest absolute Gasteiger partial charge is 0.135 e. The van der Waals surface area contributed by atoms with Gasteiger partial charge in [-0.1, -0.05) is 122 Å². The van der Waals surface area contributed by atoms with Crippen molar-refractivity contribution in [1.29, 1.82) is 15.8 Å². The summed E-state index contributed by atoms with van der Waals surface area (Å²) in [5, 5.41) is 29.3. The second-order valence-electron chi connectivity index (χ2n) is 10.8. The van der Waals surface area contributed by atoms with Gasteiger partial charge in [0.05, 0.1) is 6.07 Å². The highest BCUT2D eigenvalue weighted by Gasteiger charge is 2.41. The third-order valence-corrected chi connectivity index (χ3v) is 10.8. The van der Waals surface area contributed by atoms with E-state index in [1.165, 1.54) is 6.08 Å². The number of hydrogen-bond donors (Lipinski definition) is 0. The number of nitrogens with zero attached hydrogens (tertiary/aromatic N) is 3. The minimum absolute atomic E-state index is 0.0603. The Labute approximate surface area is 266 Å². The standard InChI is InChI=1S/C41H27N3Si/c1-45(2)38(25-23-32-17-15-31(16-18-32)10-9-27-42)40(36-11-5-3-6-12-36)41(37-13-7-4-8-14-37)39(45)26-24-33-19-21-34(22-20-33)28-35(29-43)30-44/h3-22,28H,1-2H3/b10-9+. The summed E-state index contributed by atoms with van der Waals surface area (Å²) in [4.78, 5) is 0. The van der Waals surface area contributed by atoms with Crippen molar-refractivity contribution in [2.75, 3.05) is 0 Å². The van der Waals surface area contributed by atoms with Crippen LogP contribution in [-0.2, 0) is 0 Å². The second kappa shape index (κ2) is 13.7. The Morgan fingerprint density at radius 3 is 1.42 bits per heavy atom. The lowest BCUT2D eigenvalue weighted by Gasteiger charge is -2.18. The van der Waals surface area contributed by atoms with E-state index in [2.05, 4.69) is 85.3 Å². The minimum atomic E-state index is -2.39. The highest BCUT2D eigenvalue weighted by atomic mass is 28.3. The lowest BCUT2D eigenvalue weighted by molar-refractivity contribution is 1.47. The topological polar surface area (TPSA) is 71.4 Å². The van der Waals surface area contributed by atoms with Crippen LogP contribution < -0.4 is 0 Å². The van der Waals surface area contributed by atoms with E-state index in [0.29, 0.717) is 0 Å². The van der Waals surface area contributed by atoms with Gasteiger partial charge in [0.15, 0.2) is 0 Å². The van der Waals surface area contributed by atoms with Gasteiger partial charge in [-0.3, -0.25) is 0 Å². The van der Waals surface area contributed by atoms with Crippen molar-refractivity contribution in [3.8, 4) is 41.9 Å². The average molecular weight is 590 g/mol. The van der Waals surface area contributed by atoms with E-state index in [1.807, 2.05) is 78.9 Å². The summed E-state index contributed by atoms with van der Waals surface area (Å²) in [6.07, 6.45) is 4.81. The largest absolute Gasteiger partial charge is 0.193 e. The van der Waals surface area contributed by atoms with Gasteiger partial charge in [-0.15, -0.1) is 0 Å². The van der Waals surface area contributed by atoms with E-state index >= 15 is 0 Å². The molecular weight excluding hydrogens is 563 g/mol. The summed E-state index contributed by atoms with van der Waals surface area (Å²) in [5.41, 5.74) is 8.00. The zero-order valence-corrected chi connectivity index (χ0v) is 26.0. The molecule has 1 heterocycles. The molecule has 5 rings (SSSR count). The molecule has 4 heteroatoms. The predicted octanol–water partition coefficient (Wildman–Crippen LogP) is 8.77. The third kappa shape index (κ3) is 6.84. The van der Waals surface area contributed by atoms with Gasteiger partial charge in [0.2, 0.25) is 0 Å². The summed E-state index contributed by atoms with van der Waals surface area (Å²) in [7, 11) is -2.39. The molecule has 0 bridgehead atoms. The zero-order chi connectivity index (χ0) is 31.6. The highest BCUT2D eigenvalue weighted by Crippen LogP contribution is 2.48. The van der Waals surface area contributed by atoms with Crippen molar-refractivity contribution in [2.24, 2.45) is 0 Å². The predicted molar refractivity (Wildman–Crippen MR) is 185 cm³/mol. The van der Waals surface area contributed by atoms with Crippen molar-refractivity contribution >= 4 is 31.4 Å². The Kier molecular flexibility index (Phi) is 9.20. The first kappa shape index (κ1) is 30.1. The van der Waals surface area contributed by atoms with Crippen LogP contribution >= 0.6 is 0 Å². The molecule has 1 aliphatic heterocycles.